The Balaban J connectivity index is 1.84. The molecule has 0 spiro atoms. The van der Waals surface area contributed by atoms with Crippen LogP contribution in [0.5, 0.6) is 0 Å². The van der Waals surface area contributed by atoms with Gasteiger partial charge in [-0.15, -0.1) is 6.58 Å². The monoisotopic (exact) mass is 389 g/mol. The molecule has 1 saturated heterocycles. The fourth-order valence-corrected chi connectivity index (χ4v) is 3.21. The summed E-state index contributed by atoms with van der Waals surface area (Å²) in [5, 5.41) is -0.291. The minimum absolute atomic E-state index is 0.213. The molecule has 0 unspecified atom stereocenters. The number of hydrogen-bond donors (Lipinski definition) is 0. The fraction of sp³-hybridized carbons (Fsp3) is 0.0588. The molecule has 0 bridgehead atoms. The quantitative estimate of drug-likeness (QED) is 0.549. The maximum atomic E-state index is 12.1. The summed E-state index contributed by atoms with van der Waals surface area (Å²) in [6.45, 7) is 3.76. The van der Waals surface area contributed by atoms with Crippen LogP contribution in [0.2, 0.25) is 0 Å². The number of amides is 2. The van der Waals surface area contributed by atoms with Gasteiger partial charge in [0.15, 0.2) is 0 Å². The molecule has 2 aromatic rings. The second-order valence-electron chi connectivity index (χ2n) is 4.79. The van der Waals surface area contributed by atoms with Crippen molar-refractivity contribution in [1.29, 1.82) is 0 Å². The molecule has 1 aliphatic rings. The molecule has 1 fully saturated rings. The molecule has 0 N–H and O–H groups in total. The van der Waals surface area contributed by atoms with Crippen LogP contribution in [0.3, 0.4) is 0 Å². The van der Waals surface area contributed by atoms with E-state index in [1.165, 1.54) is 6.08 Å². The number of rotatable bonds is 4. The highest BCUT2D eigenvalue weighted by atomic mass is 79.9. The van der Waals surface area contributed by atoms with Crippen molar-refractivity contribution < 1.29 is 14.0 Å². The molecular weight excluding hydrogens is 378 g/mol. The highest BCUT2D eigenvalue weighted by molar-refractivity contribution is 9.10. The molecular formula is C17H12BrNO3S. The van der Waals surface area contributed by atoms with E-state index in [0.29, 0.717) is 16.4 Å². The van der Waals surface area contributed by atoms with Gasteiger partial charge in [0.05, 0.1) is 4.91 Å². The Morgan fingerprint density at radius 2 is 1.91 bits per heavy atom. The van der Waals surface area contributed by atoms with Gasteiger partial charge in [-0.2, -0.15) is 0 Å². The highest BCUT2D eigenvalue weighted by Crippen LogP contribution is 2.33. The minimum atomic E-state index is -0.318. The second kappa shape index (κ2) is 6.60. The summed E-state index contributed by atoms with van der Waals surface area (Å²) in [6, 6.07) is 11.3. The van der Waals surface area contributed by atoms with E-state index in [1.807, 2.05) is 30.3 Å². The lowest BCUT2D eigenvalue weighted by Crippen LogP contribution is -2.27. The van der Waals surface area contributed by atoms with Crippen molar-refractivity contribution in [1.82, 2.24) is 4.90 Å². The zero-order valence-electron chi connectivity index (χ0n) is 12.0. The number of benzene rings is 1. The first-order valence-corrected chi connectivity index (χ1v) is 8.41. The molecule has 2 heterocycles. The van der Waals surface area contributed by atoms with Gasteiger partial charge < -0.3 is 4.42 Å². The number of nitrogens with zero attached hydrogens (tertiary/aromatic N) is 1. The van der Waals surface area contributed by atoms with Gasteiger partial charge in [0, 0.05) is 22.7 Å². The topological polar surface area (TPSA) is 50.5 Å². The van der Waals surface area contributed by atoms with Gasteiger partial charge in [-0.3, -0.25) is 14.5 Å². The largest absolute Gasteiger partial charge is 0.457 e. The Morgan fingerprint density at radius 3 is 2.61 bits per heavy atom. The summed E-state index contributed by atoms with van der Waals surface area (Å²) in [4.78, 5) is 25.4. The Bertz CT molecular complexity index is 808. The molecule has 116 valence electrons. The van der Waals surface area contributed by atoms with Crippen molar-refractivity contribution in [3.05, 3.63) is 64.2 Å². The number of carbonyl (C=O) groups is 2. The SMILES string of the molecule is C=CCN1C(=O)SC(=Cc2ccc(-c3ccc(Br)cc3)o2)C1=O. The number of carbonyl (C=O) groups excluding carboxylic acids is 2. The Kier molecular flexibility index (Phi) is 4.54. The number of furan rings is 1. The third-order valence-electron chi connectivity index (χ3n) is 3.21. The van der Waals surface area contributed by atoms with E-state index in [-0.39, 0.29) is 17.7 Å². The van der Waals surface area contributed by atoms with Crippen molar-refractivity contribution in [2.24, 2.45) is 0 Å². The average molecular weight is 390 g/mol. The fourth-order valence-electron chi connectivity index (χ4n) is 2.12. The van der Waals surface area contributed by atoms with Crippen molar-refractivity contribution in [3.8, 4) is 11.3 Å². The predicted octanol–water partition coefficient (Wildman–Crippen LogP) is 4.93. The van der Waals surface area contributed by atoms with Gasteiger partial charge >= 0.3 is 0 Å². The van der Waals surface area contributed by atoms with E-state index >= 15 is 0 Å². The van der Waals surface area contributed by atoms with Gasteiger partial charge in [0.1, 0.15) is 11.5 Å². The maximum absolute atomic E-state index is 12.1. The van der Waals surface area contributed by atoms with Gasteiger partial charge in [0.25, 0.3) is 11.1 Å². The van der Waals surface area contributed by atoms with Crippen molar-refractivity contribution >= 4 is 44.9 Å². The lowest BCUT2D eigenvalue weighted by Gasteiger charge is -2.07. The Labute approximate surface area is 146 Å². The first-order valence-electron chi connectivity index (χ1n) is 6.80. The first kappa shape index (κ1) is 15.8. The number of thioether (sulfide) groups is 1. The number of halogens is 1. The molecule has 2 amide bonds. The van der Waals surface area contributed by atoms with Gasteiger partial charge in [-0.1, -0.05) is 34.1 Å². The molecule has 1 aromatic carbocycles. The second-order valence-corrected chi connectivity index (χ2v) is 6.70. The third kappa shape index (κ3) is 3.33. The molecule has 0 radical (unpaired) electrons. The lowest BCUT2D eigenvalue weighted by molar-refractivity contribution is -0.122. The summed E-state index contributed by atoms with van der Waals surface area (Å²) in [7, 11) is 0. The van der Waals surface area contributed by atoms with E-state index < -0.39 is 0 Å². The van der Waals surface area contributed by atoms with Crippen LogP contribution in [0.4, 0.5) is 4.79 Å². The van der Waals surface area contributed by atoms with Crippen LogP contribution < -0.4 is 0 Å². The summed E-state index contributed by atoms with van der Waals surface area (Å²) < 4.78 is 6.73. The van der Waals surface area contributed by atoms with E-state index in [1.54, 1.807) is 12.1 Å². The molecule has 0 saturated carbocycles. The number of imide groups is 1. The summed E-state index contributed by atoms with van der Waals surface area (Å²) in [5.74, 6) is 0.919. The van der Waals surface area contributed by atoms with Crippen LogP contribution in [0.1, 0.15) is 5.76 Å². The van der Waals surface area contributed by atoms with Gasteiger partial charge in [-0.05, 0) is 36.0 Å². The first-order chi connectivity index (χ1) is 11.1. The van der Waals surface area contributed by atoms with Gasteiger partial charge in [-0.25, -0.2) is 0 Å². The van der Waals surface area contributed by atoms with Crippen LogP contribution in [0.15, 0.2) is 62.8 Å². The Hall–Kier alpha value is -2.05. The van der Waals surface area contributed by atoms with Crippen LogP contribution >= 0.6 is 27.7 Å². The van der Waals surface area contributed by atoms with E-state index in [0.717, 1.165) is 26.7 Å². The molecule has 0 aliphatic carbocycles. The molecule has 1 aliphatic heterocycles. The van der Waals surface area contributed by atoms with Crippen LogP contribution in [0.25, 0.3) is 17.4 Å². The maximum Gasteiger partial charge on any atom is 0.293 e. The molecule has 23 heavy (non-hydrogen) atoms. The van der Waals surface area contributed by atoms with Crippen molar-refractivity contribution in [2.75, 3.05) is 6.54 Å². The normalized spacial score (nSPS) is 16.4. The molecule has 3 rings (SSSR count). The van der Waals surface area contributed by atoms with Crippen molar-refractivity contribution in [2.45, 2.75) is 0 Å². The van der Waals surface area contributed by atoms with Crippen LogP contribution in [-0.4, -0.2) is 22.6 Å². The smallest absolute Gasteiger partial charge is 0.293 e. The molecule has 6 heteroatoms. The number of hydrogen-bond acceptors (Lipinski definition) is 4. The van der Waals surface area contributed by atoms with Crippen LogP contribution in [-0.2, 0) is 4.79 Å². The molecule has 0 atom stereocenters. The van der Waals surface area contributed by atoms with E-state index in [4.69, 9.17) is 4.42 Å². The molecule has 4 nitrogen and oxygen atoms in total. The lowest BCUT2D eigenvalue weighted by atomic mass is 10.2. The summed E-state index contributed by atoms with van der Waals surface area (Å²) >= 11 is 4.30. The third-order valence-corrected chi connectivity index (χ3v) is 4.65. The zero-order valence-corrected chi connectivity index (χ0v) is 14.4. The zero-order chi connectivity index (χ0) is 16.4. The van der Waals surface area contributed by atoms with E-state index in [2.05, 4.69) is 22.5 Å². The van der Waals surface area contributed by atoms with E-state index in [9.17, 15) is 9.59 Å². The standard InChI is InChI=1S/C17H12BrNO3S/c1-2-9-19-16(20)15(23-17(19)21)10-13-7-8-14(22-13)11-3-5-12(18)6-4-11/h2-8,10H,1,9H2. The highest BCUT2D eigenvalue weighted by Gasteiger charge is 2.34. The summed E-state index contributed by atoms with van der Waals surface area (Å²) in [5.41, 5.74) is 0.938. The predicted molar refractivity (Wildman–Crippen MR) is 94.7 cm³/mol. The van der Waals surface area contributed by atoms with Crippen LogP contribution in [0, 0.1) is 0 Å². The average Bonchev–Trinajstić information content (AvgIpc) is 3.09. The molecule has 1 aromatic heterocycles. The Morgan fingerprint density at radius 1 is 1.17 bits per heavy atom. The summed E-state index contributed by atoms with van der Waals surface area (Å²) in [6.07, 6.45) is 3.12. The van der Waals surface area contributed by atoms with Gasteiger partial charge in [0.2, 0.25) is 0 Å². The minimum Gasteiger partial charge on any atom is -0.457 e. The van der Waals surface area contributed by atoms with Crippen molar-refractivity contribution in [3.63, 3.8) is 0 Å².